The van der Waals surface area contributed by atoms with Gasteiger partial charge < -0.3 is 10.1 Å². The van der Waals surface area contributed by atoms with Crippen molar-refractivity contribution < 1.29 is 13.2 Å². The smallest absolute Gasteiger partial charge is 0.164 e. The Bertz CT molecular complexity index is 374. The third-order valence-electron chi connectivity index (χ3n) is 3.65. The van der Waals surface area contributed by atoms with E-state index in [0.717, 1.165) is 31.8 Å². The molecule has 2 fully saturated rings. The van der Waals surface area contributed by atoms with Crippen LogP contribution in [0.1, 0.15) is 6.42 Å². The van der Waals surface area contributed by atoms with Crippen LogP contribution in [0.4, 0.5) is 0 Å². The van der Waals surface area contributed by atoms with E-state index in [9.17, 15) is 8.42 Å². The van der Waals surface area contributed by atoms with Crippen LogP contribution in [-0.2, 0) is 14.6 Å². The van der Waals surface area contributed by atoms with Gasteiger partial charge in [-0.25, -0.2) is 8.42 Å². The average molecular weight is 294 g/mol. The molecule has 2 aliphatic heterocycles. The minimum Gasteiger partial charge on any atom is -0.380 e. The molecule has 0 aromatic heterocycles. The van der Waals surface area contributed by atoms with Crippen LogP contribution in [0.15, 0.2) is 0 Å². The molecule has 0 radical (unpaired) electrons. The van der Waals surface area contributed by atoms with Gasteiger partial charge in [-0.05, 0) is 6.42 Å². The number of methoxy groups -OCH3 is 1. The number of thioether (sulfide) groups is 1. The molecule has 106 valence electrons. The summed E-state index contributed by atoms with van der Waals surface area (Å²) in [6.45, 7) is 2.53. The van der Waals surface area contributed by atoms with E-state index in [1.165, 1.54) is 6.26 Å². The summed E-state index contributed by atoms with van der Waals surface area (Å²) in [4.78, 5) is 2.11. The van der Waals surface area contributed by atoms with Crippen molar-refractivity contribution in [3.05, 3.63) is 0 Å². The summed E-state index contributed by atoms with van der Waals surface area (Å²) in [5.74, 6) is 1.71. The van der Waals surface area contributed by atoms with Gasteiger partial charge in [0.25, 0.3) is 0 Å². The lowest BCUT2D eigenvalue weighted by molar-refractivity contribution is 0.115. The highest BCUT2D eigenvalue weighted by Gasteiger charge is 2.34. The molecular weight excluding hydrogens is 272 g/mol. The van der Waals surface area contributed by atoms with Crippen molar-refractivity contribution in [1.29, 1.82) is 0 Å². The molecule has 0 bridgehead atoms. The number of ether oxygens (including phenoxy) is 1. The van der Waals surface area contributed by atoms with Gasteiger partial charge in [0.15, 0.2) is 9.84 Å². The second-order valence-corrected chi connectivity index (χ2v) is 8.41. The summed E-state index contributed by atoms with van der Waals surface area (Å²) >= 11 is 1.73. The molecule has 1 N–H and O–H groups in total. The van der Waals surface area contributed by atoms with E-state index < -0.39 is 9.84 Å². The number of hydrogen-bond acceptors (Lipinski definition) is 6. The molecule has 2 heterocycles. The Morgan fingerprint density at radius 2 is 2.28 bits per heavy atom. The molecule has 2 aliphatic rings. The maximum atomic E-state index is 11.8. The second-order valence-electron chi connectivity index (χ2n) is 5.05. The van der Waals surface area contributed by atoms with Gasteiger partial charge in [0, 0.05) is 50.5 Å². The minimum absolute atomic E-state index is 0.269. The van der Waals surface area contributed by atoms with Crippen molar-refractivity contribution in [3.8, 4) is 0 Å². The first-order valence-electron chi connectivity index (χ1n) is 6.27. The molecular formula is C11H22N2O3S2. The molecule has 3 unspecified atom stereocenters. The Balaban J connectivity index is 1.94. The summed E-state index contributed by atoms with van der Waals surface area (Å²) in [6.07, 6.45) is 2.58. The highest BCUT2D eigenvalue weighted by molar-refractivity contribution is 8.00. The largest absolute Gasteiger partial charge is 0.380 e. The topological polar surface area (TPSA) is 58.6 Å². The maximum absolute atomic E-state index is 11.8. The SMILES string of the molecule is COC1CNC(CN2CCSCC2S(C)(=O)=O)C1. The quantitative estimate of drug-likeness (QED) is 0.774. The fourth-order valence-corrected chi connectivity index (χ4v) is 5.56. The normalized spacial score (nSPS) is 34.9. The first-order valence-corrected chi connectivity index (χ1v) is 9.38. The van der Waals surface area contributed by atoms with Gasteiger partial charge in [0.1, 0.15) is 5.37 Å². The molecule has 7 heteroatoms. The molecule has 3 atom stereocenters. The van der Waals surface area contributed by atoms with E-state index in [4.69, 9.17) is 4.74 Å². The second kappa shape index (κ2) is 6.09. The van der Waals surface area contributed by atoms with E-state index in [1.807, 2.05) is 0 Å². The van der Waals surface area contributed by atoms with Crippen LogP contribution in [0.2, 0.25) is 0 Å². The lowest BCUT2D eigenvalue weighted by Gasteiger charge is -2.35. The highest BCUT2D eigenvalue weighted by Crippen LogP contribution is 2.22. The third kappa shape index (κ3) is 3.60. The molecule has 0 amide bonds. The number of nitrogens with one attached hydrogen (secondary N) is 1. The van der Waals surface area contributed by atoms with Crippen LogP contribution < -0.4 is 5.32 Å². The van der Waals surface area contributed by atoms with Gasteiger partial charge in [0.2, 0.25) is 0 Å². The summed E-state index contributed by atoms with van der Waals surface area (Å²) in [5.41, 5.74) is 0. The van der Waals surface area contributed by atoms with Gasteiger partial charge in [0.05, 0.1) is 6.10 Å². The fourth-order valence-electron chi connectivity index (χ4n) is 2.60. The Morgan fingerprint density at radius 1 is 1.50 bits per heavy atom. The Kier molecular flexibility index (Phi) is 4.93. The molecule has 5 nitrogen and oxygen atoms in total. The fraction of sp³-hybridized carbons (Fsp3) is 1.00. The summed E-state index contributed by atoms with van der Waals surface area (Å²) < 4.78 is 28.9. The van der Waals surface area contributed by atoms with E-state index >= 15 is 0 Å². The van der Waals surface area contributed by atoms with Gasteiger partial charge >= 0.3 is 0 Å². The van der Waals surface area contributed by atoms with Crippen molar-refractivity contribution in [2.75, 3.05) is 44.5 Å². The van der Waals surface area contributed by atoms with Crippen molar-refractivity contribution in [2.45, 2.75) is 23.9 Å². The average Bonchev–Trinajstić information content (AvgIpc) is 2.76. The van der Waals surface area contributed by atoms with Crippen LogP contribution in [0.3, 0.4) is 0 Å². The zero-order valence-corrected chi connectivity index (χ0v) is 12.6. The number of rotatable bonds is 4. The number of sulfone groups is 1. The number of nitrogens with zero attached hydrogens (tertiary/aromatic N) is 1. The van der Waals surface area contributed by atoms with Crippen LogP contribution in [0.25, 0.3) is 0 Å². The number of hydrogen-bond donors (Lipinski definition) is 1. The molecule has 0 aromatic carbocycles. The lowest BCUT2D eigenvalue weighted by atomic mass is 10.2. The van der Waals surface area contributed by atoms with Crippen molar-refractivity contribution in [3.63, 3.8) is 0 Å². The monoisotopic (exact) mass is 294 g/mol. The van der Waals surface area contributed by atoms with Gasteiger partial charge in [-0.15, -0.1) is 0 Å². The van der Waals surface area contributed by atoms with E-state index in [0.29, 0.717) is 11.8 Å². The molecule has 18 heavy (non-hydrogen) atoms. The summed E-state index contributed by atoms with van der Waals surface area (Å²) in [7, 11) is -1.26. The minimum atomic E-state index is -2.99. The standard InChI is InChI=1S/C11H22N2O3S2/c1-16-10-5-9(12-6-10)7-13-3-4-17-8-11(13)18(2,14)15/h9-12H,3-8H2,1-2H3. The van der Waals surface area contributed by atoms with E-state index in [1.54, 1.807) is 18.9 Å². The molecule has 0 aliphatic carbocycles. The van der Waals surface area contributed by atoms with Crippen molar-refractivity contribution >= 4 is 21.6 Å². The maximum Gasteiger partial charge on any atom is 0.164 e. The summed E-state index contributed by atoms with van der Waals surface area (Å²) in [5, 5.41) is 3.09. The molecule has 2 rings (SSSR count). The first kappa shape index (κ1) is 14.6. The van der Waals surface area contributed by atoms with Crippen molar-refractivity contribution in [2.24, 2.45) is 0 Å². The molecule has 0 saturated carbocycles. The van der Waals surface area contributed by atoms with E-state index in [2.05, 4.69) is 10.2 Å². The summed E-state index contributed by atoms with van der Waals surface area (Å²) in [6, 6.07) is 0.349. The van der Waals surface area contributed by atoms with Gasteiger partial charge in [-0.3, -0.25) is 4.90 Å². The third-order valence-corrected chi connectivity index (χ3v) is 6.34. The predicted molar refractivity (Wildman–Crippen MR) is 74.7 cm³/mol. The van der Waals surface area contributed by atoms with Crippen LogP contribution in [-0.4, -0.2) is 75.3 Å². The molecule has 2 saturated heterocycles. The van der Waals surface area contributed by atoms with Crippen LogP contribution >= 0.6 is 11.8 Å². The predicted octanol–water partition coefficient (Wildman–Crippen LogP) is -0.217. The lowest BCUT2D eigenvalue weighted by Crippen LogP contribution is -2.51. The van der Waals surface area contributed by atoms with Crippen LogP contribution in [0, 0.1) is 0 Å². The first-order chi connectivity index (χ1) is 8.50. The molecule has 0 spiro atoms. The zero-order chi connectivity index (χ0) is 13.2. The van der Waals surface area contributed by atoms with E-state index in [-0.39, 0.29) is 11.5 Å². The van der Waals surface area contributed by atoms with Crippen molar-refractivity contribution in [1.82, 2.24) is 10.2 Å². The Hall–Kier alpha value is 0.180. The zero-order valence-electron chi connectivity index (χ0n) is 11.0. The Labute approximate surface area is 114 Å². The van der Waals surface area contributed by atoms with Gasteiger partial charge in [-0.2, -0.15) is 11.8 Å². The van der Waals surface area contributed by atoms with Gasteiger partial charge in [-0.1, -0.05) is 0 Å². The Morgan fingerprint density at radius 3 is 2.89 bits per heavy atom. The highest BCUT2D eigenvalue weighted by atomic mass is 32.2. The molecule has 0 aromatic rings. The van der Waals surface area contributed by atoms with Crippen LogP contribution in [0.5, 0.6) is 0 Å².